The number of hydrogen-bond acceptors (Lipinski definition) is 3. The number of piperidine rings is 1. The van der Waals surface area contributed by atoms with Gasteiger partial charge in [-0.25, -0.2) is 4.39 Å². The van der Waals surface area contributed by atoms with Crippen molar-refractivity contribution in [3.63, 3.8) is 0 Å². The largest absolute Gasteiger partial charge is 0.363 e. The molecule has 0 radical (unpaired) electrons. The lowest BCUT2D eigenvalue weighted by Crippen LogP contribution is -2.59. The first-order valence-corrected chi connectivity index (χ1v) is 8.51. The predicted octanol–water partition coefficient (Wildman–Crippen LogP) is 2.35. The number of carbonyl (C=O) groups is 2. The van der Waals surface area contributed by atoms with E-state index in [-0.39, 0.29) is 24.2 Å². The van der Waals surface area contributed by atoms with E-state index >= 15 is 0 Å². The molecule has 0 N–H and O–H groups in total. The van der Waals surface area contributed by atoms with Gasteiger partial charge in [-0.15, -0.1) is 0 Å². The Morgan fingerprint density at radius 2 is 1.92 bits per heavy atom. The minimum atomic E-state index is -0.411. The molecule has 130 valence electrons. The van der Waals surface area contributed by atoms with Crippen LogP contribution < -0.4 is 4.90 Å². The second kappa shape index (κ2) is 6.89. The van der Waals surface area contributed by atoms with Crippen molar-refractivity contribution < 1.29 is 18.7 Å². The number of likely N-dealkylation sites (tertiary alicyclic amines) is 1. The van der Waals surface area contributed by atoms with Gasteiger partial charge in [-0.05, 0) is 43.5 Å². The van der Waals surface area contributed by atoms with Crippen molar-refractivity contribution in [1.29, 1.82) is 0 Å². The van der Waals surface area contributed by atoms with Crippen LogP contribution in [0.5, 0.6) is 0 Å². The highest BCUT2D eigenvalue weighted by molar-refractivity contribution is 5.95. The zero-order valence-corrected chi connectivity index (χ0v) is 14.0. The summed E-state index contributed by atoms with van der Waals surface area (Å²) in [5.74, 6) is -0.247. The molecule has 3 rings (SSSR count). The molecule has 0 aromatic heterocycles. The normalized spacial score (nSPS) is 20.5. The third kappa shape index (κ3) is 3.43. The first kappa shape index (κ1) is 16.9. The first-order chi connectivity index (χ1) is 11.5. The van der Waals surface area contributed by atoms with Crippen LogP contribution >= 0.6 is 0 Å². The molecule has 0 unspecified atom stereocenters. The van der Waals surface area contributed by atoms with E-state index in [9.17, 15) is 14.0 Å². The molecule has 0 bridgehead atoms. The zero-order chi connectivity index (χ0) is 17.2. The molecule has 24 heavy (non-hydrogen) atoms. The summed E-state index contributed by atoms with van der Waals surface area (Å²) in [4.78, 5) is 27.8. The molecule has 2 saturated heterocycles. The van der Waals surface area contributed by atoms with E-state index in [4.69, 9.17) is 4.74 Å². The number of anilines is 1. The Kier molecular flexibility index (Phi) is 4.85. The number of nitrogens with zero attached hydrogens (tertiary/aromatic N) is 2. The standard InChI is InChI=1S/C18H23FN2O3/c1-2-3-16(22)20-10-8-18(9-11-20)13-21(17(23)12-24-18)15-6-4-14(19)5-7-15/h4-7H,2-3,8-13H2,1H3. The van der Waals surface area contributed by atoms with Crippen LogP contribution in [0.25, 0.3) is 0 Å². The number of ether oxygens (including phenoxy) is 1. The predicted molar refractivity (Wildman–Crippen MR) is 88.2 cm³/mol. The van der Waals surface area contributed by atoms with Gasteiger partial charge in [0.25, 0.3) is 5.91 Å². The minimum absolute atomic E-state index is 0.0281. The summed E-state index contributed by atoms with van der Waals surface area (Å²) in [6.45, 7) is 3.79. The van der Waals surface area contributed by atoms with Gasteiger partial charge in [0.1, 0.15) is 12.4 Å². The average Bonchev–Trinajstić information content (AvgIpc) is 2.59. The topological polar surface area (TPSA) is 49.9 Å². The Bertz CT molecular complexity index is 609. The summed E-state index contributed by atoms with van der Waals surface area (Å²) in [5.41, 5.74) is 0.277. The Morgan fingerprint density at radius 1 is 1.25 bits per heavy atom. The van der Waals surface area contributed by atoms with Gasteiger partial charge < -0.3 is 14.5 Å². The molecular formula is C18H23FN2O3. The third-order valence-electron chi connectivity index (χ3n) is 4.88. The Balaban J connectivity index is 1.68. The number of carbonyl (C=O) groups excluding carboxylic acids is 2. The lowest BCUT2D eigenvalue weighted by molar-refractivity contribution is -0.150. The van der Waals surface area contributed by atoms with Gasteiger partial charge in [-0.2, -0.15) is 0 Å². The smallest absolute Gasteiger partial charge is 0.253 e. The number of halogens is 1. The van der Waals surface area contributed by atoms with E-state index in [1.807, 2.05) is 11.8 Å². The van der Waals surface area contributed by atoms with Crippen LogP contribution in [-0.2, 0) is 14.3 Å². The van der Waals surface area contributed by atoms with Crippen molar-refractivity contribution in [3.05, 3.63) is 30.1 Å². The Labute approximate surface area is 141 Å². The molecule has 1 aromatic rings. The van der Waals surface area contributed by atoms with E-state index in [0.29, 0.717) is 44.6 Å². The number of amides is 2. The molecule has 2 aliphatic rings. The first-order valence-electron chi connectivity index (χ1n) is 8.51. The summed E-state index contributed by atoms with van der Waals surface area (Å²) in [6, 6.07) is 5.95. The molecule has 6 heteroatoms. The van der Waals surface area contributed by atoms with E-state index in [0.717, 1.165) is 6.42 Å². The minimum Gasteiger partial charge on any atom is -0.363 e. The summed E-state index contributed by atoms with van der Waals surface area (Å²) in [5, 5.41) is 0. The van der Waals surface area contributed by atoms with Crippen LogP contribution in [-0.4, -0.2) is 48.6 Å². The summed E-state index contributed by atoms with van der Waals surface area (Å²) < 4.78 is 19.0. The maximum Gasteiger partial charge on any atom is 0.253 e. The molecule has 0 saturated carbocycles. The van der Waals surface area contributed by atoms with Gasteiger partial charge in [0.15, 0.2) is 0 Å². The number of hydrogen-bond donors (Lipinski definition) is 0. The fourth-order valence-corrected chi connectivity index (χ4v) is 3.41. The summed E-state index contributed by atoms with van der Waals surface area (Å²) in [6.07, 6.45) is 2.86. The van der Waals surface area contributed by atoms with E-state index in [1.165, 1.54) is 12.1 Å². The van der Waals surface area contributed by atoms with Crippen LogP contribution in [0.15, 0.2) is 24.3 Å². The van der Waals surface area contributed by atoms with Crippen LogP contribution in [0, 0.1) is 5.82 Å². The molecule has 2 amide bonds. The van der Waals surface area contributed by atoms with Crippen LogP contribution in [0.3, 0.4) is 0 Å². The molecule has 5 nitrogen and oxygen atoms in total. The summed E-state index contributed by atoms with van der Waals surface area (Å²) in [7, 11) is 0. The molecular weight excluding hydrogens is 311 g/mol. The van der Waals surface area contributed by atoms with Crippen LogP contribution in [0.1, 0.15) is 32.6 Å². The molecule has 1 spiro atoms. The second-order valence-corrected chi connectivity index (χ2v) is 6.56. The second-order valence-electron chi connectivity index (χ2n) is 6.56. The molecule has 0 aliphatic carbocycles. The highest BCUT2D eigenvalue weighted by atomic mass is 19.1. The maximum atomic E-state index is 13.1. The fourth-order valence-electron chi connectivity index (χ4n) is 3.41. The number of morpholine rings is 1. The average molecular weight is 334 g/mol. The van der Waals surface area contributed by atoms with Gasteiger partial charge in [0, 0.05) is 25.2 Å². The van der Waals surface area contributed by atoms with Crippen molar-refractivity contribution in [2.24, 2.45) is 0 Å². The van der Waals surface area contributed by atoms with E-state index in [1.54, 1.807) is 17.0 Å². The lowest BCUT2D eigenvalue weighted by Gasteiger charge is -2.47. The third-order valence-corrected chi connectivity index (χ3v) is 4.88. The highest BCUT2D eigenvalue weighted by Gasteiger charge is 2.43. The van der Waals surface area contributed by atoms with E-state index < -0.39 is 5.60 Å². The number of rotatable bonds is 3. The Hall–Kier alpha value is -1.95. The molecule has 2 fully saturated rings. The molecule has 0 atom stereocenters. The SMILES string of the molecule is CCCC(=O)N1CCC2(CC1)CN(c1ccc(F)cc1)C(=O)CO2. The zero-order valence-electron chi connectivity index (χ0n) is 14.0. The van der Waals surface area contributed by atoms with Gasteiger partial charge in [-0.1, -0.05) is 6.92 Å². The fraction of sp³-hybridized carbons (Fsp3) is 0.556. The van der Waals surface area contributed by atoms with Gasteiger partial charge in [0.2, 0.25) is 5.91 Å². The molecule has 1 aromatic carbocycles. The van der Waals surface area contributed by atoms with Crippen molar-refractivity contribution in [1.82, 2.24) is 4.90 Å². The lowest BCUT2D eigenvalue weighted by atomic mass is 9.89. The van der Waals surface area contributed by atoms with Crippen LogP contribution in [0.4, 0.5) is 10.1 Å². The van der Waals surface area contributed by atoms with Crippen molar-refractivity contribution in [2.75, 3.05) is 31.1 Å². The van der Waals surface area contributed by atoms with Gasteiger partial charge in [0.05, 0.1) is 12.1 Å². The number of benzene rings is 1. The molecule has 2 heterocycles. The van der Waals surface area contributed by atoms with E-state index in [2.05, 4.69) is 0 Å². The van der Waals surface area contributed by atoms with Crippen molar-refractivity contribution in [3.8, 4) is 0 Å². The highest BCUT2D eigenvalue weighted by Crippen LogP contribution is 2.33. The quantitative estimate of drug-likeness (QED) is 0.853. The van der Waals surface area contributed by atoms with Gasteiger partial charge in [-0.3, -0.25) is 9.59 Å². The maximum absolute atomic E-state index is 13.1. The van der Waals surface area contributed by atoms with Gasteiger partial charge >= 0.3 is 0 Å². The van der Waals surface area contributed by atoms with Crippen molar-refractivity contribution in [2.45, 2.75) is 38.2 Å². The molecule has 2 aliphatic heterocycles. The Morgan fingerprint density at radius 3 is 2.54 bits per heavy atom. The monoisotopic (exact) mass is 334 g/mol. The van der Waals surface area contributed by atoms with Crippen molar-refractivity contribution >= 4 is 17.5 Å². The summed E-state index contributed by atoms with van der Waals surface area (Å²) >= 11 is 0. The van der Waals surface area contributed by atoms with Crippen LogP contribution in [0.2, 0.25) is 0 Å².